The van der Waals surface area contributed by atoms with Crippen molar-refractivity contribution in [2.45, 2.75) is 19.9 Å². The van der Waals surface area contributed by atoms with E-state index in [1.807, 2.05) is 36.7 Å². The number of anilines is 1. The highest BCUT2D eigenvalue weighted by atomic mass is 32.1. The number of benzene rings is 1. The summed E-state index contributed by atoms with van der Waals surface area (Å²) in [4.78, 5) is 16.7. The molecule has 0 fully saturated rings. The van der Waals surface area contributed by atoms with Gasteiger partial charge in [0.15, 0.2) is 0 Å². The fourth-order valence-corrected chi connectivity index (χ4v) is 3.09. The van der Waals surface area contributed by atoms with Crippen LogP contribution in [0.5, 0.6) is 0 Å². The average Bonchev–Trinajstić information content (AvgIpc) is 3.08. The zero-order valence-corrected chi connectivity index (χ0v) is 12.6. The first-order valence-electron chi connectivity index (χ1n) is 6.68. The third kappa shape index (κ3) is 2.90. The predicted molar refractivity (Wildman–Crippen MR) is 85.7 cm³/mol. The quantitative estimate of drug-likeness (QED) is 0.692. The number of nitrogens with zero attached hydrogens (tertiary/aromatic N) is 1. The Morgan fingerprint density at radius 1 is 1.24 bits per heavy atom. The van der Waals surface area contributed by atoms with Crippen LogP contribution >= 0.6 is 11.3 Å². The number of aromatic nitrogens is 3. The van der Waals surface area contributed by atoms with Gasteiger partial charge in [0.2, 0.25) is 0 Å². The molecule has 108 valence electrons. The van der Waals surface area contributed by atoms with Gasteiger partial charge in [-0.25, -0.2) is 4.98 Å². The Morgan fingerprint density at radius 2 is 2.00 bits per heavy atom. The molecule has 0 saturated heterocycles. The number of rotatable bonds is 4. The fraction of sp³-hybridized carbons (Fsp3) is 0.200. The van der Waals surface area contributed by atoms with Gasteiger partial charge in [-0.15, -0.1) is 11.3 Å². The molecule has 1 unspecified atom stereocenters. The molecule has 3 aromatic rings. The molecule has 2 heterocycles. The Labute approximate surface area is 126 Å². The van der Waals surface area contributed by atoms with Gasteiger partial charge in [-0.3, -0.25) is 15.0 Å². The number of aromatic amines is 2. The zero-order chi connectivity index (χ0) is 14.8. The average molecular weight is 300 g/mol. The van der Waals surface area contributed by atoms with Gasteiger partial charge in [-0.05, 0) is 31.5 Å². The van der Waals surface area contributed by atoms with Crippen molar-refractivity contribution in [2.75, 3.05) is 5.32 Å². The van der Waals surface area contributed by atoms with Gasteiger partial charge in [0.25, 0.3) is 5.56 Å². The topological polar surface area (TPSA) is 73.6 Å². The molecule has 1 atom stereocenters. The molecule has 0 radical (unpaired) electrons. The summed E-state index contributed by atoms with van der Waals surface area (Å²) in [5.74, 6) is 0. The van der Waals surface area contributed by atoms with E-state index in [0.29, 0.717) is 0 Å². The van der Waals surface area contributed by atoms with Crippen LogP contribution in [0.3, 0.4) is 0 Å². The van der Waals surface area contributed by atoms with E-state index in [4.69, 9.17) is 0 Å². The Balaban J connectivity index is 1.76. The lowest BCUT2D eigenvalue weighted by atomic mass is 10.1. The summed E-state index contributed by atoms with van der Waals surface area (Å²) in [6, 6.07) is 9.74. The molecule has 0 bridgehead atoms. The largest absolute Gasteiger partial charge is 0.378 e. The third-order valence-corrected chi connectivity index (χ3v) is 4.46. The lowest BCUT2D eigenvalue weighted by molar-refractivity contribution is 0.890. The minimum Gasteiger partial charge on any atom is -0.378 e. The lowest BCUT2D eigenvalue weighted by Crippen LogP contribution is -2.06. The fourth-order valence-electron chi connectivity index (χ4n) is 2.28. The highest BCUT2D eigenvalue weighted by Crippen LogP contribution is 2.26. The molecule has 5 nitrogen and oxygen atoms in total. The van der Waals surface area contributed by atoms with Crippen LogP contribution in [0.15, 0.2) is 40.6 Å². The van der Waals surface area contributed by atoms with Gasteiger partial charge in [0, 0.05) is 16.6 Å². The zero-order valence-electron chi connectivity index (χ0n) is 11.8. The first-order chi connectivity index (χ1) is 10.1. The Hall–Kier alpha value is -2.34. The van der Waals surface area contributed by atoms with E-state index >= 15 is 0 Å². The third-order valence-electron chi connectivity index (χ3n) is 3.35. The van der Waals surface area contributed by atoms with E-state index in [1.54, 1.807) is 17.4 Å². The number of hydrogen-bond acceptors (Lipinski definition) is 4. The maximum Gasteiger partial charge on any atom is 0.264 e. The van der Waals surface area contributed by atoms with Gasteiger partial charge in [0.1, 0.15) is 0 Å². The smallest absolute Gasteiger partial charge is 0.264 e. The molecule has 21 heavy (non-hydrogen) atoms. The SMILES string of the molecule is Cc1ncsc1C(C)Nc1ccc(-c2cc(=O)[nH][nH]2)cc1. The molecule has 6 heteroatoms. The van der Waals surface area contributed by atoms with Gasteiger partial charge in [0.05, 0.1) is 22.9 Å². The summed E-state index contributed by atoms with van der Waals surface area (Å²) < 4.78 is 0. The van der Waals surface area contributed by atoms with Crippen molar-refractivity contribution in [3.05, 3.63) is 56.8 Å². The van der Waals surface area contributed by atoms with Gasteiger partial charge < -0.3 is 5.32 Å². The standard InChI is InChI=1S/C15H16N4OS/c1-9-15(21-8-16-9)10(2)17-12-5-3-11(4-6-12)13-7-14(20)19-18-13/h3-8,10,17H,1-2H3,(H2,18,19,20). The molecule has 0 aliphatic rings. The number of H-pyrrole nitrogens is 2. The second-order valence-corrected chi connectivity index (χ2v) is 5.80. The van der Waals surface area contributed by atoms with Crippen molar-refractivity contribution in [1.29, 1.82) is 0 Å². The van der Waals surface area contributed by atoms with Gasteiger partial charge >= 0.3 is 0 Å². The van der Waals surface area contributed by atoms with E-state index in [9.17, 15) is 4.79 Å². The number of aryl methyl sites for hydroxylation is 1. The van der Waals surface area contributed by atoms with Crippen LogP contribution in [0.1, 0.15) is 23.5 Å². The van der Waals surface area contributed by atoms with Crippen LogP contribution in [-0.4, -0.2) is 15.2 Å². The molecule has 0 saturated carbocycles. The second-order valence-electron chi connectivity index (χ2n) is 4.92. The van der Waals surface area contributed by atoms with Gasteiger partial charge in [-0.2, -0.15) is 0 Å². The Kier molecular flexibility index (Phi) is 3.62. The Morgan fingerprint density at radius 3 is 2.57 bits per heavy atom. The number of hydrogen-bond donors (Lipinski definition) is 3. The van der Waals surface area contributed by atoms with Crippen molar-refractivity contribution >= 4 is 17.0 Å². The second kappa shape index (κ2) is 5.57. The molecular formula is C15H16N4OS. The van der Waals surface area contributed by atoms with E-state index in [2.05, 4.69) is 27.4 Å². The minimum atomic E-state index is -0.124. The van der Waals surface area contributed by atoms with Crippen LogP contribution < -0.4 is 10.9 Å². The van der Waals surface area contributed by atoms with Crippen molar-refractivity contribution < 1.29 is 0 Å². The minimum absolute atomic E-state index is 0.124. The summed E-state index contributed by atoms with van der Waals surface area (Å²) in [5.41, 5.74) is 5.62. The maximum atomic E-state index is 11.1. The first kappa shape index (κ1) is 13.6. The summed E-state index contributed by atoms with van der Waals surface area (Å²) in [7, 11) is 0. The van der Waals surface area contributed by atoms with Crippen LogP contribution in [0.25, 0.3) is 11.3 Å². The van der Waals surface area contributed by atoms with Crippen LogP contribution in [0, 0.1) is 6.92 Å². The van der Waals surface area contributed by atoms with Crippen LogP contribution in [0.4, 0.5) is 5.69 Å². The Bertz CT molecular complexity index is 784. The van der Waals surface area contributed by atoms with Crippen molar-refractivity contribution in [1.82, 2.24) is 15.2 Å². The summed E-state index contributed by atoms with van der Waals surface area (Å²) in [5, 5.41) is 8.84. The molecule has 0 aliphatic heterocycles. The molecule has 3 rings (SSSR count). The van der Waals surface area contributed by atoms with E-state index in [0.717, 1.165) is 22.6 Å². The summed E-state index contributed by atoms with van der Waals surface area (Å²) in [6.07, 6.45) is 0. The van der Waals surface area contributed by atoms with E-state index in [-0.39, 0.29) is 11.6 Å². The van der Waals surface area contributed by atoms with E-state index < -0.39 is 0 Å². The molecule has 3 N–H and O–H groups in total. The molecule has 0 aliphatic carbocycles. The van der Waals surface area contributed by atoms with Crippen molar-refractivity contribution in [3.63, 3.8) is 0 Å². The van der Waals surface area contributed by atoms with Crippen molar-refractivity contribution in [2.24, 2.45) is 0 Å². The predicted octanol–water partition coefficient (Wildman–Crippen LogP) is 3.31. The highest BCUT2D eigenvalue weighted by molar-refractivity contribution is 7.09. The molecule has 2 aromatic heterocycles. The monoisotopic (exact) mass is 300 g/mol. The molecular weight excluding hydrogens is 284 g/mol. The van der Waals surface area contributed by atoms with Crippen LogP contribution in [-0.2, 0) is 0 Å². The molecule has 0 amide bonds. The van der Waals surface area contributed by atoms with Crippen LogP contribution in [0.2, 0.25) is 0 Å². The molecule has 1 aromatic carbocycles. The maximum absolute atomic E-state index is 11.1. The first-order valence-corrected chi connectivity index (χ1v) is 7.56. The normalized spacial score (nSPS) is 12.3. The lowest BCUT2D eigenvalue weighted by Gasteiger charge is -2.14. The molecule has 0 spiro atoms. The summed E-state index contributed by atoms with van der Waals surface area (Å²) in [6.45, 7) is 4.15. The number of thiazole rings is 1. The van der Waals surface area contributed by atoms with Crippen molar-refractivity contribution in [3.8, 4) is 11.3 Å². The number of nitrogens with one attached hydrogen (secondary N) is 3. The van der Waals surface area contributed by atoms with E-state index in [1.165, 1.54) is 4.88 Å². The highest BCUT2D eigenvalue weighted by Gasteiger charge is 2.10. The van der Waals surface area contributed by atoms with Gasteiger partial charge in [-0.1, -0.05) is 12.1 Å². The summed E-state index contributed by atoms with van der Waals surface area (Å²) >= 11 is 1.66.